The van der Waals surface area contributed by atoms with Crippen LogP contribution in [0.3, 0.4) is 0 Å². The number of hydrogen-bond donors (Lipinski definition) is 1. The Bertz CT molecular complexity index is 631. The second kappa shape index (κ2) is 6.16. The maximum atomic E-state index is 6.46. The lowest BCUT2D eigenvalue weighted by molar-refractivity contribution is 0.677. The molecule has 5 heteroatoms. The summed E-state index contributed by atoms with van der Waals surface area (Å²) in [5.74, 6) is 1.83. The molecular formula is C16H21ClN4. The second-order valence-electron chi connectivity index (χ2n) is 5.47. The Morgan fingerprint density at radius 1 is 1.29 bits per heavy atom. The summed E-state index contributed by atoms with van der Waals surface area (Å²) >= 11 is 6.46. The van der Waals surface area contributed by atoms with Crippen LogP contribution in [0.1, 0.15) is 43.9 Å². The predicted molar refractivity (Wildman–Crippen MR) is 85.0 cm³/mol. The van der Waals surface area contributed by atoms with Crippen LogP contribution in [0.15, 0.2) is 18.2 Å². The maximum absolute atomic E-state index is 6.46. The highest BCUT2D eigenvalue weighted by molar-refractivity contribution is 6.32. The van der Waals surface area contributed by atoms with E-state index in [2.05, 4.69) is 35.3 Å². The van der Waals surface area contributed by atoms with Gasteiger partial charge in [0, 0.05) is 25.4 Å². The highest BCUT2D eigenvalue weighted by atomic mass is 35.5. The standard InChI is InChI=1S/C16H21ClN4/c1-3-14-19-15(4-2)21(20-14)16-11(6-5-7-13(16)17)10-18-12-8-9-12/h5-7,12,18H,3-4,8-10H2,1-2H3. The molecule has 0 saturated heterocycles. The highest BCUT2D eigenvalue weighted by Gasteiger charge is 2.22. The monoisotopic (exact) mass is 304 g/mol. The molecule has 21 heavy (non-hydrogen) atoms. The Kier molecular flexibility index (Phi) is 4.27. The number of halogens is 1. The minimum absolute atomic E-state index is 0.671. The van der Waals surface area contributed by atoms with Gasteiger partial charge in [0.15, 0.2) is 5.82 Å². The molecule has 4 nitrogen and oxygen atoms in total. The lowest BCUT2D eigenvalue weighted by atomic mass is 10.1. The number of aryl methyl sites for hydroxylation is 2. The van der Waals surface area contributed by atoms with Crippen molar-refractivity contribution < 1.29 is 0 Å². The zero-order valence-corrected chi connectivity index (χ0v) is 13.3. The number of rotatable bonds is 6. The third-order valence-electron chi connectivity index (χ3n) is 3.79. The van der Waals surface area contributed by atoms with E-state index in [-0.39, 0.29) is 0 Å². The SMILES string of the molecule is CCc1nc(CC)n(-c2c(Cl)cccc2CNC2CC2)n1. The minimum atomic E-state index is 0.671. The van der Waals surface area contributed by atoms with Crippen molar-refractivity contribution in [2.45, 2.75) is 52.1 Å². The first kappa shape index (κ1) is 14.5. The zero-order chi connectivity index (χ0) is 14.8. The molecule has 3 rings (SSSR count). The van der Waals surface area contributed by atoms with Crippen molar-refractivity contribution in [3.8, 4) is 5.69 Å². The number of hydrogen-bond acceptors (Lipinski definition) is 3. The lowest BCUT2D eigenvalue weighted by Gasteiger charge is -2.13. The largest absolute Gasteiger partial charge is 0.310 e. The van der Waals surface area contributed by atoms with E-state index >= 15 is 0 Å². The van der Waals surface area contributed by atoms with Crippen LogP contribution in [0.5, 0.6) is 0 Å². The van der Waals surface area contributed by atoms with Gasteiger partial charge in [0.05, 0.1) is 10.7 Å². The average molecular weight is 305 g/mol. The fourth-order valence-corrected chi connectivity index (χ4v) is 2.71. The first-order valence-electron chi connectivity index (χ1n) is 7.68. The molecule has 0 unspecified atom stereocenters. The van der Waals surface area contributed by atoms with E-state index in [0.717, 1.165) is 41.7 Å². The van der Waals surface area contributed by atoms with Crippen LogP contribution in [0.2, 0.25) is 5.02 Å². The van der Waals surface area contributed by atoms with Gasteiger partial charge in [0.25, 0.3) is 0 Å². The maximum Gasteiger partial charge on any atom is 0.151 e. The normalized spacial score (nSPS) is 14.6. The third kappa shape index (κ3) is 3.11. The molecule has 0 bridgehead atoms. The quantitative estimate of drug-likeness (QED) is 0.890. The summed E-state index contributed by atoms with van der Waals surface area (Å²) in [6.07, 6.45) is 4.23. The number of benzene rings is 1. The minimum Gasteiger partial charge on any atom is -0.310 e. The van der Waals surface area contributed by atoms with Crippen molar-refractivity contribution in [3.63, 3.8) is 0 Å². The molecule has 0 atom stereocenters. The van der Waals surface area contributed by atoms with Crippen LogP contribution < -0.4 is 5.32 Å². The van der Waals surface area contributed by atoms with Gasteiger partial charge in [0.1, 0.15) is 5.82 Å². The molecule has 1 N–H and O–H groups in total. The Hall–Kier alpha value is -1.39. The van der Waals surface area contributed by atoms with E-state index in [1.54, 1.807) is 0 Å². The molecule has 2 aromatic rings. The molecule has 1 aromatic carbocycles. The van der Waals surface area contributed by atoms with Crippen LogP contribution in [0, 0.1) is 0 Å². The van der Waals surface area contributed by atoms with Gasteiger partial charge >= 0.3 is 0 Å². The van der Waals surface area contributed by atoms with E-state index in [1.807, 2.05) is 16.8 Å². The molecule has 0 radical (unpaired) electrons. The Balaban J connectivity index is 2.00. The second-order valence-corrected chi connectivity index (χ2v) is 5.87. The number of nitrogens with one attached hydrogen (secondary N) is 1. The van der Waals surface area contributed by atoms with Crippen LogP contribution >= 0.6 is 11.6 Å². The molecule has 1 aliphatic carbocycles. The van der Waals surface area contributed by atoms with Gasteiger partial charge in [-0.3, -0.25) is 0 Å². The van der Waals surface area contributed by atoms with E-state index in [1.165, 1.54) is 18.4 Å². The third-order valence-corrected chi connectivity index (χ3v) is 4.10. The molecule has 0 spiro atoms. The summed E-state index contributed by atoms with van der Waals surface area (Å²) < 4.78 is 1.92. The van der Waals surface area contributed by atoms with Crippen LogP contribution in [-0.2, 0) is 19.4 Å². The van der Waals surface area contributed by atoms with Crippen molar-refractivity contribution in [3.05, 3.63) is 40.4 Å². The van der Waals surface area contributed by atoms with Crippen LogP contribution in [0.4, 0.5) is 0 Å². The molecule has 0 aliphatic heterocycles. The molecule has 1 saturated carbocycles. The summed E-state index contributed by atoms with van der Waals surface area (Å²) in [6.45, 7) is 4.99. The van der Waals surface area contributed by atoms with E-state index in [9.17, 15) is 0 Å². The predicted octanol–water partition coefficient (Wildman–Crippen LogP) is 3.30. The number of nitrogens with zero attached hydrogens (tertiary/aromatic N) is 3. The first-order chi connectivity index (χ1) is 10.2. The van der Waals surface area contributed by atoms with Gasteiger partial charge < -0.3 is 5.32 Å². The zero-order valence-electron chi connectivity index (χ0n) is 12.6. The smallest absolute Gasteiger partial charge is 0.151 e. The first-order valence-corrected chi connectivity index (χ1v) is 8.06. The van der Waals surface area contributed by atoms with Gasteiger partial charge in [-0.25, -0.2) is 9.67 Å². The molecule has 1 aromatic heterocycles. The average Bonchev–Trinajstić information content (AvgIpc) is 3.23. The topological polar surface area (TPSA) is 42.7 Å². The van der Waals surface area contributed by atoms with Crippen molar-refractivity contribution in [1.29, 1.82) is 0 Å². The summed E-state index contributed by atoms with van der Waals surface area (Å²) in [4.78, 5) is 4.59. The van der Waals surface area contributed by atoms with E-state index in [0.29, 0.717) is 6.04 Å². The van der Waals surface area contributed by atoms with Gasteiger partial charge in [0.2, 0.25) is 0 Å². The summed E-state index contributed by atoms with van der Waals surface area (Å²) in [5, 5.41) is 8.90. The van der Waals surface area contributed by atoms with Crippen LogP contribution in [-0.4, -0.2) is 20.8 Å². The Morgan fingerprint density at radius 3 is 2.76 bits per heavy atom. The highest BCUT2D eigenvalue weighted by Crippen LogP contribution is 2.27. The molecule has 0 amide bonds. The van der Waals surface area contributed by atoms with E-state index in [4.69, 9.17) is 11.6 Å². The van der Waals surface area contributed by atoms with E-state index < -0.39 is 0 Å². The molecular weight excluding hydrogens is 284 g/mol. The number of para-hydroxylation sites is 1. The van der Waals surface area contributed by atoms with Crippen molar-refractivity contribution in [2.75, 3.05) is 0 Å². The fourth-order valence-electron chi connectivity index (χ4n) is 2.43. The summed E-state index contributed by atoms with van der Waals surface area (Å²) in [5.41, 5.74) is 2.15. The summed E-state index contributed by atoms with van der Waals surface area (Å²) in [6, 6.07) is 6.71. The molecule has 112 valence electrons. The van der Waals surface area contributed by atoms with Gasteiger partial charge in [-0.15, -0.1) is 0 Å². The number of aromatic nitrogens is 3. The van der Waals surface area contributed by atoms with Crippen molar-refractivity contribution >= 4 is 11.6 Å². The van der Waals surface area contributed by atoms with Gasteiger partial charge in [-0.05, 0) is 24.5 Å². The lowest BCUT2D eigenvalue weighted by Crippen LogP contribution is -2.18. The Morgan fingerprint density at radius 2 is 2.10 bits per heavy atom. The van der Waals surface area contributed by atoms with Crippen LogP contribution in [0.25, 0.3) is 5.69 Å². The molecule has 1 heterocycles. The fraction of sp³-hybridized carbons (Fsp3) is 0.500. The van der Waals surface area contributed by atoms with Crippen molar-refractivity contribution in [2.24, 2.45) is 0 Å². The van der Waals surface area contributed by atoms with Crippen molar-refractivity contribution in [1.82, 2.24) is 20.1 Å². The summed E-state index contributed by atoms with van der Waals surface area (Å²) in [7, 11) is 0. The molecule has 1 aliphatic rings. The van der Waals surface area contributed by atoms with Gasteiger partial charge in [-0.1, -0.05) is 37.6 Å². The molecule has 1 fully saturated rings. The van der Waals surface area contributed by atoms with Gasteiger partial charge in [-0.2, -0.15) is 5.10 Å². The Labute approximate surface area is 130 Å².